The summed E-state index contributed by atoms with van der Waals surface area (Å²) in [6.07, 6.45) is 1.51. The molecule has 1 unspecified atom stereocenters. The lowest BCUT2D eigenvalue weighted by atomic mass is 10.0. The van der Waals surface area contributed by atoms with E-state index in [0.717, 1.165) is 16.9 Å². The maximum absolute atomic E-state index is 13.0. The first-order chi connectivity index (χ1) is 15.1. The molecule has 0 aliphatic heterocycles. The number of carbonyl (C=O) groups is 1. The van der Waals surface area contributed by atoms with Gasteiger partial charge in [-0.2, -0.15) is 0 Å². The SMILES string of the molecule is Cc1ccc(-c2cc(C(=O)NC(C)COc3ccccc3)cc(-n3cnnn3)c2)cc1. The first-order valence-corrected chi connectivity index (χ1v) is 10.0. The zero-order chi connectivity index (χ0) is 21.6. The number of nitrogens with one attached hydrogen (secondary N) is 1. The molecule has 0 saturated heterocycles. The smallest absolute Gasteiger partial charge is 0.251 e. The Balaban J connectivity index is 1.56. The van der Waals surface area contributed by atoms with E-state index in [2.05, 4.69) is 20.8 Å². The Bertz CT molecular complexity index is 1140. The quantitative estimate of drug-likeness (QED) is 0.498. The van der Waals surface area contributed by atoms with Gasteiger partial charge in [0.25, 0.3) is 5.91 Å². The van der Waals surface area contributed by atoms with Crippen molar-refractivity contribution in [1.82, 2.24) is 25.5 Å². The van der Waals surface area contributed by atoms with Gasteiger partial charge in [0.05, 0.1) is 11.7 Å². The molecule has 0 bridgehead atoms. The minimum atomic E-state index is -0.188. The van der Waals surface area contributed by atoms with E-state index in [9.17, 15) is 4.79 Å². The second kappa shape index (κ2) is 9.21. The molecule has 1 N–H and O–H groups in total. The van der Waals surface area contributed by atoms with Crippen LogP contribution in [0, 0.1) is 6.92 Å². The van der Waals surface area contributed by atoms with Crippen LogP contribution in [-0.4, -0.2) is 38.8 Å². The van der Waals surface area contributed by atoms with Gasteiger partial charge in [0.2, 0.25) is 0 Å². The molecule has 156 valence electrons. The van der Waals surface area contributed by atoms with E-state index in [-0.39, 0.29) is 11.9 Å². The lowest BCUT2D eigenvalue weighted by Crippen LogP contribution is -2.36. The third-order valence-electron chi connectivity index (χ3n) is 4.80. The van der Waals surface area contributed by atoms with E-state index in [1.807, 2.05) is 80.6 Å². The van der Waals surface area contributed by atoms with E-state index in [0.29, 0.717) is 17.9 Å². The summed E-state index contributed by atoms with van der Waals surface area (Å²) >= 11 is 0. The van der Waals surface area contributed by atoms with Gasteiger partial charge in [-0.3, -0.25) is 4.79 Å². The van der Waals surface area contributed by atoms with Crippen molar-refractivity contribution >= 4 is 5.91 Å². The fraction of sp³-hybridized carbons (Fsp3) is 0.167. The molecule has 3 aromatic carbocycles. The van der Waals surface area contributed by atoms with Gasteiger partial charge in [-0.15, -0.1) is 5.10 Å². The molecule has 1 heterocycles. The molecule has 1 amide bonds. The van der Waals surface area contributed by atoms with Gasteiger partial charge in [-0.1, -0.05) is 48.0 Å². The number of aryl methyl sites for hydroxylation is 1. The van der Waals surface area contributed by atoms with Crippen LogP contribution < -0.4 is 10.1 Å². The van der Waals surface area contributed by atoms with Crippen LogP contribution >= 0.6 is 0 Å². The van der Waals surface area contributed by atoms with Gasteiger partial charge in [0.1, 0.15) is 18.7 Å². The number of para-hydroxylation sites is 1. The molecule has 4 aromatic rings. The van der Waals surface area contributed by atoms with E-state index in [1.165, 1.54) is 16.6 Å². The number of ether oxygens (including phenoxy) is 1. The number of benzene rings is 3. The van der Waals surface area contributed by atoms with E-state index < -0.39 is 0 Å². The highest BCUT2D eigenvalue weighted by Gasteiger charge is 2.14. The van der Waals surface area contributed by atoms with Crippen molar-refractivity contribution in [3.8, 4) is 22.6 Å². The molecule has 1 aromatic heterocycles. The lowest BCUT2D eigenvalue weighted by Gasteiger charge is -2.16. The Morgan fingerprint density at radius 3 is 2.52 bits per heavy atom. The summed E-state index contributed by atoms with van der Waals surface area (Å²) in [4.78, 5) is 13.0. The number of nitrogens with zero attached hydrogens (tertiary/aromatic N) is 4. The minimum absolute atomic E-state index is 0.174. The summed E-state index contributed by atoms with van der Waals surface area (Å²) in [5.41, 5.74) is 4.32. The molecule has 0 saturated carbocycles. The van der Waals surface area contributed by atoms with Crippen LogP contribution in [-0.2, 0) is 0 Å². The van der Waals surface area contributed by atoms with Crippen LogP contribution in [0.5, 0.6) is 5.75 Å². The predicted molar refractivity (Wildman–Crippen MR) is 118 cm³/mol. The van der Waals surface area contributed by atoms with Crippen LogP contribution in [0.15, 0.2) is 79.1 Å². The largest absolute Gasteiger partial charge is 0.491 e. The molecule has 1 atom stereocenters. The monoisotopic (exact) mass is 413 g/mol. The Morgan fingerprint density at radius 2 is 1.81 bits per heavy atom. The van der Waals surface area contributed by atoms with Crippen molar-refractivity contribution in [2.24, 2.45) is 0 Å². The molecule has 7 nitrogen and oxygen atoms in total. The fourth-order valence-corrected chi connectivity index (χ4v) is 3.15. The van der Waals surface area contributed by atoms with Gasteiger partial charge in [-0.05, 0) is 65.7 Å². The second-order valence-electron chi connectivity index (χ2n) is 7.39. The van der Waals surface area contributed by atoms with Gasteiger partial charge >= 0.3 is 0 Å². The first kappa shape index (κ1) is 20.3. The Morgan fingerprint density at radius 1 is 1.03 bits per heavy atom. The van der Waals surface area contributed by atoms with Crippen molar-refractivity contribution in [3.63, 3.8) is 0 Å². The van der Waals surface area contributed by atoms with E-state index in [4.69, 9.17) is 4.74 Å². The number of amides is 1. The molecular weight excluding hydrogens is 390 g/mol. The lowest BCUT2D eigenvalue weighted by molar-refractivity contribution is 0.0926. The highest BCUT2D eigenvalue weighted by Crippen LogP contribution is 2.24. The van der Waals surface area contributed by atoms with Crippen molar-refractivity contribution in [1.29, 1.82) is 0 Å². The molecule has 0 radical (unpaired) electrons. The first-order valence-electron chi connectivity index (χ1n) is 10.0. The number of aromatic nitrogens is 4. The van der Waals surface area contributed by atoms with Gasteiger partial charge in [0.15, 0.2) is 0 Å². The summed E-state index contributed by atoms with van der Waals surface area (Å²) in [5, 5.41) is 14.4. The topological polar surface area (TPSA) is 81.9 Å². The highest BCUT2D eigenvalue weighted by molar-refractivity contribution is 5.96. The number of hydrogen-bond acceptors (Lipinski definition) is 5. The number of tetrazole rings is 1. The standard InChI is InChI=1S/C24H23N5O2/c1-17-8-10-19(11-9-17)20-12-21(14-22(13-20)29-16-25-27-28-29)24(30)26-18(2)15-31-23-6-4-3-5-7-23/h3-14,16,18H,15H2,1-2H3,(H,26,30). The minimum Gasteiger partial charge on any atom is -0.491 e. The summed E-state index contributed by atoms with van der Waals surface area (Å²) < 4.78 is 7.28. The van der Waals surface area contributed by atoms with Gasteiger partial charge < -0.3 is 10.1 Å². The van der Waals surface area contributed by atoms with Crippen LogP contribution in [0.2, 0.25) is 0 Å². The van der Waals surface area contributed by atoms with Gasteiger partial charge in [-0.25, -0.2) is 4.68 Å². The zero-order valence-electron chi connectivity index (χ0n) is 17.4. The summed E-state index contributed by atoms with van der Waals surface area (Å²) in [6, 6.07) is 23.1. The number of carbonyl (C=O) groups excluding carboxylic acids is 1. The van der Waals surface area contributed by atoms with Crippen molar-refractivity contribution in [2.45, 2.75) is 19.9 Å². The second-order valence-corrected chi connectivity index (χ2v) is 7.39. The maximum Gasteiger partial charge on any atom is 0.251 e. The zero-order valence-corrected chi connectivity index (χ0v) is 17.4. The molecule has 4 rings (SSSR count). The Hall–Kier alpha value is -4.00. The molecule has 0 fully saturated rings. The highest BCUT2D eigenvalue weighted by atomic mass is 16.5. The maximum atomic E-state index is 13.0. The molecule has 0 spiro atoms. The fourth-order valence-electron chi connectivity index (χ4n) is 3.15. The summed E-state index contributed by atoms with van der Waals surface area (Å²) in [7, 11) is 0. The van der Waals surface area contributed by atoms with E-state index >= 15 is 0 Å². The summed E-state index contributed by atoms with van der Waals surface area (Å²) in [5.74, 6) is 0.582. The average molecular weight is 413 g/mol. The van der Waals surface area contributed by atoms with Crippen LogP contribution in [0.25, 0.3) is 16.8 Å². The van der Waals surface area contributed by atoms with Crippen LogP contribution in [0.3, 0.4) is 0 Å². The third-order valence-corrected chi connectivity index (χ3v) is 4.80. The molecule has 31 heavy (non-hydrogen) atoms. The Kier molecular flexibility index (Phi) is 6.03. The molecule has 7 heteroatoms. The average Bonchev–Trinajstić information content (AvgIpc) is 3.34. The number of hydrogen-bond donors (Lipinski definition) is 1. The van der Waals surface area contributed by atoms with Gasteiger partial charge in [0, 0.05) is 5.56 Å². The summed E-state index contributed by atoms with van der Waals surface area (Å²) in [6.45, 7) is 4.32. The third kappa shape index (κ3) is 5.14. The Labute approximate surface area is 180 Å². The molecular formula is C24H23N5O2. The van der Waals surface area contributed by atoms with Crippen molar-refractivity contribution < 1.29 is 9.53 Å². The van der Waals surface area contributed by atoms with Crippen LogP contribution in [0.1, 0.15) is 22.8 Å². The van der Waals surface area contributed by atoms with Crippen LogP contribution in [0.4, 0.5) is 0 Å². The molecule has 0 aliphatic carbocycles. The van der Waals surface area contributed by atoms with Crippen molar-refractivity contribution in [3.05, 3.63) is 90.3 Å². The van der Waals surface area contributed by atoms with Crippen molar-refractivity contribution in [2.75, 3.05) is 6.61 Å². The predicted octanol–water partition coefficient (Wildman–Crippen LogP) is 3.84. The molecule has 0 aliphatic rings. The normalized spacial score (nSPS) is 11.7. The number of rotatable bonds is 7. The van der Waals surface area contributed by atoms with E-state index in [1.54, 1.807) is 6.07 Å².